The van der Waals surface area contributed by atoms with Gasteiger partial charge in [-0.2, -0.15) is 0 Å². The van der Waals surface area contributed by atoms with Crippen LogP contribution in [0.15, 0.2) is 42.5 Å². The molecule has 192 valence electrons. The zero-order valence-corrected chi connectivity index (χ0v) is 19.3. The van der Waals surface area contributed by atoms with E-state index in [2.05, 4.69) is 21.3 Å². The Bertz CT molecular complexity index is 829. The first-order valence-electron chi connectivity index (χ1n) is 9.99. The van der Waals surface area contributed by atoms with Crippen LogP contribution < -0.4 is 21.3 Å². The number of hydrogen-bond donors (Lipinski definition) is 5. The monoisotopic (exact) mass is 494 g/mol. The minimum absolute atomic E-state index is 0.0557. The average Bonchev–Trinajstić information content (AvgIpc) is 2.86. The molecular formula is C22H30N4O9. The number of rotatable bonds is 12. The first-order valence-corrected chi connectivity index (χ1v) is 9.99. The Morgan fingerprint density at radius 3 is 1.91 bits per heavy atom. The van der Waals surface area contributed by atoms with Gasteiger partial charge in [-0.3, -0.25) is 19.2 Å². The molecule has 0 aromatic heterocycles. The Kier molecular flexibility index (Phi) is 19.9. The van der Waals surface area contributed by atoms with Crippen LogP contribution in [-0.2, 0) is 40.1 Å². The molecule has 13 nitrogen and oxygen atoms in total. The van der Waals surface area contributed by atoms with Crippen LogP contribution in [0.5, 0.6) is 0 Å². The van der Waals surface area contributed by atoms with E-state index in [1.54, 1.807) is 37.3 Å². The lowest BCUT2D eigenvalue weighted by atomic mass is 10.2. The summed E-state index contributed by atoms with van der Waals surface area (Å²) in [4.78, 5) is 73.5. The first-order chi connectivity index (χ1) is 16.8. The minimum Gasteiger partial charge on any atom is -0.481 e. The fourth-order valence-electron chi connectivity index (χ4n) is 2.25. The molecule has 1 aromatic rings. The van der Waals surface area contributed by atoms with Crippen LogP contribution in [0.3, 0.4) is 0 Å². The molecule has 0 bridgehead atoms. The Balaban J connectivity index is 0. The Morgan fingerprint density at radius 1 is 0.886 bits per heavy atom. The van der Waals surface area contributed by atoms with E-state index in [0.29, 0.717) is 0 Å². The maximum Gasteiger partial charge on any atom is 0.407 e. The third-order valence-corrected chi connectivity index (χ3v) is 3.66. The third-order valence-electron chi connectivity index (χ3n) is 3.66. The van der Waals surface area contributed by atoms with E-state index in [1.807, 2.05) is 19.6 Å². The van der Waals surface area contributed by atoms with Crippen molar-refractivity contribution >= 4 is 43.4 Å². The van der Waals surface area contributed by atoms with Gasteiger partial charge >= 0.3 is 12.1 Å². The Hall–Kier alpha value is -4.55. The van der Waals surface area contributed by atoms with E-state index in [1.165, 1.54) is 6.08 Å². The maximum absolute atomic E-state index is 11.8. The van der Waals surface area contributed by atoms with Crippen molar-refractivity contribution in [3.8, 4) is 0 Å². The summed E-state index contributed by atoms with van der Waals surface area (Å²) in [6.45, 7) is 4.57. The summed E-state index contributed by atoms with van der Waals surface area (Å²) in [5.41, 5.74) is 0.794. The zero-order chi connectivity index (χ0) is 27.1. The summed E-state index contributed by atoms with van der Waals surface area (Å²) in [6, 6.07) is 8.30. The highest BCUT2D eigenvalue weighted by Gasteiger charge is 2.14. The van der Waals surface area contributed by atoms with Crippen molar-refractivity contribution < 1.29 is 43.4 Å². The van der Waals surface area contributed by atoms with Crippen LogP contribution in [0, 0.1) is 0 Å². The molecule has 4 amide bonds. The number of nitrogens with one attached hydrogen (secondary N) is 4. The van der Waals surface area contributed by atoms with Crippen molar-refractivity contribution in [2.45, 2.75) is 26.0 Å². The van der Waals surface area contributed by atoms with Crippen LogP contribution in [0.25, 0.3) is 0 Å². The lowest BCUT2D eigenvalue weighted by molar-refractivity contribution is -0.137. The molecule has 1 aromatic carbocycles. The van der Waals surface area contributed by atoms with Gasteiger partial charge < -0.3 is 40.7 Å². The van der Waals surface area contributed by atoms with Crippen molar-refractivity contribution in [2.75, 3.05) is 19.6 Å². The number of amides is 4. The minimum atomic E-state index is -1.08. The number of aliphatic carboxylic acids is 1. The quantitative estimate of drug-likeness (QED) is 0.234. The number of allylic oxidation sites excluding steroid dienone is 1. The van der Waals surface area contributed by atoms with Crippen LogP contribution in [0.4, 0.5) is 4.79 Å². The summed E-state index contributed by atoms with van der Waals surface area (Å²) >= 11 is 0. The molecule has 5 N–H and O–H groups in total. The van der Waals surface area contributed by atoms with Gasteiger partial charge in [0.05, 0.1) is 25.6 Å². The second-order valence-corrected chi connectivity index (χ2v) is 6.27. The highest BCUT2D eigenvalue weighted by molar-refractivity contribution is 5.89. The number of ether oxygens (including phenoxy) is 1. The van der Waals surface area contributed by atoms with E-state index < -0.39 is 42.4 Å². The van der Waals surface area contributed by atoms with E-state index in [4.69, 9.17) is 19.4 Å². The zero-order valence-electron chi connectivity index (χ0n) is 19.3. The smallest absolute Gasteiger partial charge is 0.407 e. The van der Waals surface area contributed by atoms with Crippen molar-refractivity contribution in [1.82, 2.24) is 21.3 Å². The molecule has 1 rings (SSSR count). The molecule has 0 heterocycles. The molecule has 0 fully saturated rings. The van der Waals surface area contributed by atoms with Crippen LogP contribution in [-0.4, -0.2) is 74.1 Å². The van der Waals surface area contributed by atoms with Crippen LogP contribution in [0.1, 0.15) is 18.9 Å². The summed E-state index contributed by atoms with van der Waals surface area (Å²) in [6.07, 6.45) is 2.05. The van der Waals surface area contributed by atoms with E-state index in [0.717, 1.165) is 5.56 Å². The van der Waals surface area contributed by atoms with Gasteiger partial charge in [0.25, 0.3) is 0 Å². The summed E-state index contributed by atoms with van der Waals surface area (Å²) < 4.78 is 4.95. The maximum atomic E-state index is 11.8. The summed E-state index contributed by atoms with van der Waals surface area (Å²) in [5.74, 6) is -2.90. The molecule has 0 aliphatic heterocycles. The molecule has 0 aliphatic rings. The van der Waals surface area contributed by atoms with Crippen molar-refractivity contribution in [1.29, 1.82) is 0 Å². The number of carbonyl (C=O) groups is 7. The molecule has 0 saturated heterocycles. The van der Waals surface area contributed by atoms with Crippen LogP contribution in [0.2, 0.25) is 0 Å². The Labute approximate surface area is 202 Å². The lowest BCUT2D eigenvalue weighted by Crippen LogP contribution is -2.46. The van der Waals surface area contributed by atoms with Gasteiger partial charge in [0.2, 0.25) is 17.7 Å². The predicted octanol–water partition coefficient (Wildman–Crippen LogP) is -0.689. The van der Waals surface area contributed by atoms with Gasteiger partial charge in [0, 0.05) is 0 Å². The SMILES string of the molecule is C/C=C/C(CC(=O)O)NC(=O)CNC(=O)CNC(=O)CNC(=O)OCc1ccccc1.C=O.C=O. The second kappa shape index (κ2) is 21.3. The van der Waals surface area contributed by atoms with Crippen molar-refractivity contribution in [3.05, 3.63) is 48.0 Å². The summed E-state index contributed by atoms with van der Waals surface area (Å²) in [7, 11) is 0. The topological polar surface area (TPSA) is 197 Å². The molecule has 0 spiro atoms. The number of alkyl carbamates (subject to hydrolysis) is 1. The van der Waals surface area contributed by atoms with Gasteiger partial charge in [-0.05, 0) is 12.5 Å². The predicted molar refractivity (Wildman–Crippen MR) is 124 cm³/mol. The number of hydrogen-bond acceptors (Lipinski definition) is 8. The highest BCUT2D eigenvalue weighted by Crippen LogP contribution is 2.00. The first kappa shape index (κ1) is 32.6. The standard InChI is InChI=1S/C20H26N4O7.2CH2O/c1-2-6-15(9-19(28)29)24-18(27)12-22-16(25)10-21-17(26)11-23-20(30)31-13-14-7-4-3-5-8-14;2*1-2/h2-8,15H,9-13H2,1H3,(H,21,26)(H,22,25)(H,23,30)(H,24,27)(H,28,29);2*1H2/b6-2+;;. The molecule has 0 saturated carbocycles. The molecule has 1 atom stereocenters. The highest BCUT2D eigenvalue weighted by atomic mass is 16.5. The van der Waals surface area contributed by atoms with E-state index in [9.17, 15) is 24.0 Å². The number of benzene rings is 1. The van der Waals surface area contributed by atoms with Gasteiger partial charge in [-0.25, -0.2) is 4.79 Å². The van der Waals surface area contributed by atoms with Crippen LogP contribution >= 0.6 is 0 Å². The normalized spacial score (nSPS) is 10.2. The number of carbonyl (C=O) groups excluding carboxylic acids is 6. The lowest BCUT2D eigenvalue weighted by Gasteiger charge is -2.13. The molecule has 0 aliphatic carbocycles. The van der Waals surface area contributed by atoms with Crippen molar-refractivity contribution in [3.63, 3.8) is 0 Å². The fourth-order valence-corrected chi connectivity index (χ4v) is 2.25. The third kappa shape index (κ3) is 18.7. The number of carboxylic acid groups (broad SMARTS) is 1. The summed E-state index contributed by atoms with van der Waals surface area (Å²) in [5, 5.41) is 18.1. The fraction of sp³-hybridized carbons (Fsp3) is 0.318. The Morgan fingerprint density at radius 2 is 1.40 bits per heavy atom. The molecule has 0 radical (unpaired) electrons. The van der Waals surface area contributed by atoms with Gasteiger partial charge in [0.15, 0.2) is 0 Å². The molecule has 13 heteroatoms. The van der Waals surface area contributed by atoms with E-state index >= 15 is 0 Å². The largest absolute Gasteiger partial charge is 0.481 e. The van der Waals surface area contributed by atoms with E-state index in [-0.39, 0.29) is 26.1 Å². The second-order valence-electron chi connectivity index (χ2n) is 6.27. The van der Waals surface area contributed by atoms with Crippen molar-refractivity contribution in [2.24, 2.45) is 0 Å². The van der Waals surface area contributed by atoms with Gasteiger partial charge in [0.1, 0.15) is 26.7 Å². The van der Waals surface area contributed by atoms with Gasteiger partial charge in [-0.1, -0.05) is 42.5 Å². The number of carboxylic acids is 1. The average molecular weight is 495 g/mol. The molecular weight excluding hydrogens is 464 g/mol. The van der Waals surface area contributed by atoms with Gasteiger partial charge in [-0.15, -0.1) is 0 Å². The molecule has 35 heavy (non-hydrogen) atoms. The molecule has 1 unspecified atom stereocenters.